The highest BCUT2D eigenvalue weighted by molar-refractivity contribution is 6.23. The van der Waals surface area contributed by atoms with Gasteiger partial charge < -0.3 is 9.13 Å². The second-order valence-electron chi connectivity index (χ2n) is 13.9. The van der Waals surface area contributed by atoms with Gasteiger partial charge in [-0.25, -0.2) is 0 Å². The zero-order chi connectivity index (χ0) is 33.9. The Morgan fingerprint density at radius 3 is 1.94 bits per heavy atom. The van der Waals surface area contributed by atoms with Crippen LogP contribution in [0.5, 0.6) is 0 Å². The molecule has 0 saturated carbocycles. The normalized spacial score (nSPS) is 12.2. The van der Waals surface area contributed by atoms with E-state index >= 15 is 0 Å². The molecule has 3 nitrogen and oxygen atoms in total. The summed E-state index contributed by atoms with van der Waals surface area (Å²) < 4.78 is 4.86. The lowest BCUT2D eigenvalue weighted by Gasteiger charge is -2.13. The molecule has 1 aliphatic rings. The van der Waals surface area contributed by atoms with Crippen molar-refractivity contribution in [1.82, 2.24) is 14.1 Å². The highest BCUT2D eigenvalue weighted by Crippen LogP contribution is 2.49. The number of hydrogen-bond acceptors (Lipinski definition) is 1. The molecular weight excluding hydrogens is 631 g/mol. The smallest absolute Gasteiger partial charge is 0.0786 e. The SMILES string of the molecule is c1ccc(-n2c3ccccc3c3cc(-c4ccc5c(c4)c4c6ccccc6ccc4n5-c4ccc5c6c(cccc46)-c4cccnc4-5)ccc32)cc1. The maximum atomic E-state index is 4.81. The van der Waals surface area contributed by atoms with Crippen molar-refractivity contribution < 1.29 is 0 Å². The molecule has 12 rings (SSSR count). The number of nitrogens with zero attached hydrogens (tertiary/aromatic N) is 3. The number of hydrogen-bond donors (Lipinski definition) is 0. The molecule has 0 spiro atoms. The Labute approximate surface area is 299 Å². The molecule has 52 heavy (non-hydrogen) atoms. The average molecular weight is 660 g/mol. The Bertz CT molecular complexity index is 3260. The molecule has 0 fully saturated rings. The first kappa shape index (κ1) is 27.8. The number of aromatic nitrogens is 3. The van der Waals surface area contributed by atoms with Crippen LogP contribution in [0.15, 0.2) is 176 Å². The van der Waals surface area contributed by atoms with Crippen LogP contribution >= 0.6 is 0 Å². The predicted octanol–water partition coefficient (Wildman–Crippen LogP) is 12.9. The molecular formula is C49H29N3. The Hall–Kier alpha value is -6.97. The van der Waals surface area contributed by atoms with Crippen molar-refractivity contribution >= 4 is 65.2 Å². The molecule has 0 unspecified atom stereocenters. The van der Waals surface area contributed by atoms with Gasteiger partial charge in [-0.15, -0.1) is 0 Å². The van der Waals surface area contributed by atoms with Crippen LogP contribution in [0.25, 0.3) is 110 Å². The van der Waals surface area contributed by atoms with Crippen LogP contribution in [0.2, 0.25) is 0 Å². The van der Waals surface area contributed by atoms with Crippen molar-refractivity contribution in [3.63, 3.8) is 0 Å². The van der Waals surface area contributed by atoms with Crippen LogP contribution in [0.4, 0.5) is 0 Å². The topological polar surface area (TPSA) is 22.8 Å². The van der Waals surface area contributed by atoms with E-state index in [1.54, 1.807) is 0 Å². The molecule has 0 aliphatic heterocycles. The van der Waals surface area contributed by atoms with Crippen LogP contribution < -0.4 is 0 Å². The first-order valence-electron chi connectivity index (χ1n) is 17.9. The summed E-state index contributed by atoms with van der Waals surface area (Å²) in [6.07, 6.45) is 1.90. The van der Waals surface area contributed by atoms with Crippen molar-refractivity contribution in [2.24, 2.45) is 0 Å². The highest BCUT2D eigenvalue weighted by atomic mass is 15.0. The van der Waals surface area contributed by atoms with Gasteiger partial charge >= 0.3 is 0 Å². The predicted molar refractivity (Wildman–Crippen MR) is 218 cm³/mol. The van der Waals surface area contributed by atoms with Gasteiger partial charge in [-0.1, -0.05) is 109 Å². The van der Waals surface area contributed by atoms with Gasteiger partial charge in [-0.2, -0.15) is 0 Å². The van der Waals surface area contributed by atoms with Gasteiger partial charge in [0.25, 0.3) is 0 Å². The molecule has 3 aromatic heterocycles. The summed E-state index contributed by atoms with van der Waals surface area (Å²) in [5, 5.41) is 10.1. The molecule has 0 N–H and O–H groups in total. The monoisotopic (exact) mass is 659 g/mol. The molecule has 0 atom stereocenters. The molecule has 240 valence electrons. The second-order valence-corrected chi connectivity index (χ2v) is 13.9. The summed E-state index contributed by atoms with van der Waals surface area (Å²) in [7, 11) is 0. The lowest BCUT2D eigenvalue weighted by Crippen LogP contribution is -1.96. The third kappa shape index (κ3) is 3.66. The third-order valence-electron chi connectivity index (χ3n) is 11.3. The van der Waals surface area contributed by atoms with E-state index < -0.39 is 0 Å². The minimum Gasteiger partial charge on any atom is -0.309 e. The lowest BCUT2D eigenvalue weighted by atomic mass is 9.99. The number of rotatable bonds is 3. The van der Waals surface area contributed by atoms with Gasteiger partial charge in [0.1, 0.15) is 0 Å². The van der Waals surface area contributed by atoms with Crippen LogP contribution in [0.3, 0.4) is 0 Å². The van der Waals surface area contributed by atoms with Gasteiger partial charge in [-0.3, -0.25) is 4.98 Å². The number of pyridine rings is 1. The van der Waals surface area contributed by atoms with Gasteiger partial charge in [0.2, 0.25) is 0 Å². The molecule has 0 bridgehead atoms. The van der Waals surface area contributed by atoms with E-state index in [4.69, 9.17) is 4.98 Å². The Morgan fingerprint density at radius 1 is 0.365 bits per heavy atom. The van der Waals surface area contributed by atoms with Crippen LogP contribution in [-0.4, -0.2) is 14.1 Å². The fourth-order valence-electron chi connectivity index (χ4n) is 9.08. The Morgan fingerprint density at radius 2 is 1.06 bits per heavy atom. The standard InChI is InChI=1S/C49H29N3/c1-2-11-33(12-3-1)51-42-18-7-6-14-35(42)40-28-31(20-23-44(40)51)32-21-24-45-41(29-32)48-34-13-5-4-10-30(34)19-25-46(48)52(45)43-26-22-39-47-36(15-8-16-38(43)47)37-17-9-27-50-49(37)39/h1-29H. The fourth-order valence-corrected chi connectivity index (χ4v) is 9.08. The fraction of sp³-hybridized carbons (Fsp3) is 0. The zero-order valence-electron chi connectivity index (χ0n) is 28.1. The average Bonchev–Trinajstić information content (AvgIpc) is 3.85. The molecule has 1 aliphatic carbocycles. The largest absolute Gasteiger partial charge is 0.309 e. The summed E-state index contributed by atoms with van der Waals surface area (Å²) >= 11 is 0. The quantitative estimate of drug-likeness (QED) is 0.185. The van der Waals surface area contributed by atoms with E-state index in [2.05, 4.69) is 173 Å². The summed E-state index contributed by atoms with van der Waals surface area (Å²) in [5.41, 5.74) is 14.4. The highest BCUT2D eigenvalue weighted by Gasteiger charge is 2.25. The van der Waals surface area contributed by atoms with Gasteiger partial charge in [-0.05, 0) is 88.1 Å². The van der Waals surface area contributed by atoms with E-state index in [1.807, 2.05) is 12.3 Å². The molecule has 0 amide bonds. The van der Waals surface area contributed by atoms with E-state index in [-0.39, 0.29) is 0 Å². The van der Waals surface area contributed by atoms with Crippen LogP contribution in [-0.2, 0) is 0 Å². The van der Waals surface area contributed by atoms with E-state index in [0.717, 1.165) is 5.69 Å². The van der Waals surface area contributed by atoms with Gasteiger partial charge in [0, 0.05) is 55.3 Å². The Kier molecular flexibility index (Phi) is 5.50. The first-order valence-corrected chi connectivity index (χ1v) is 17.9. The molecule has 11 aromatic rings. The first-order chi connectivity index (χ1) is 25.8. The number of fused-ring (bicyclic) bond motifs is 11. The van der Waals surface area contributed by atoms with Crippen LogP contribution in [0.1, 0.15) is 0 Å². The molecule has 8 aromatic carbocycles. The maximum absolute atomic E-state index is 4.81. The minimum absolute atomic E-state index is 1.07. The molecule has 3 heteroatoms. The van der Waals surface area contributed by atoms with Gasteiger partial charge in [0.05, 0.1) is 33.4 Å². The lowest BCUT2D eigenvalue weighted by molar-refractivity contribution is 1.18. The summed E-state index contributed by atoms with van der Waals surface area (Å²) in [6.45, 7) is 0. The Balaban J connectivity index is 1.13. The molecule has 3 heterocycles. The van der Waals surface area contributed by atoms with E-state index in [0.29, 0.717) is 0 Å². The number of benzene rings is 8. The second kappa shape index (κ2) is 10.3. The van der Waals surface area contributed by atoms with Gasteiger partial charge in [0.15, 0.2) is 0 Å². The van der Waals surface area contributed by atoms with Crippen molar-refractivity contribution in [3.05, 3.63) is 176 Å². The third-order valence-corrected chi connectivity index (χ3v) is 11.3. The number of para-hydroxylation sites is 2. The van der Waals surface area contributed by atoms with Crippen molar-refractivity contribution in [2.75, 3.05) is 0 Å². The van der Waals surface area contributed by atoms with Crippen molar-refractivity contribution in [1.29, 1.82) is 0 Å². The van der Waals surface area contributed by atoms with Crippen molar-refractivity contribution in [2.45, 2.75) is 0 Å². The summed E-state index contributed by atoms with van der Waals surface area (Å²) in [6, 6.07) is 62.3. The van der Waals surface area contributed by atoms with E-state index in [1.165, 1.54) is 104 Å². The molecule has 0 saturated heterocycles. The van der Waals surface area contributed by atoms with E-state index in [9.17, 15) is 0 Å². The zero-order valence-corrected chi connectivity index (χ0v) is 28.1. The molecule has 0 radical (unpaired) electrons. The maximum Gasteiger partial charge on any atom is 0.0786 e. The summed E-state index contributed by atoms with van der Waals surface area (Å²) in [5.74, 6) is 0. The van der Waals surface area contributed by atoms with Crippen molar-refractivity contribution in [3.8, 4) is 44.9 Å². The van der Waals surface area contributed by atoms with Crippen LogP contribution in [0, 0.1) is 0 Å². The minimum atomic E-state index is 1.07. The summed E-state index contributed by atoms with van der Waals surface area (Å²) in [4.78, 5) is 4.81.